The van der Waals surface area contributed by atoms with Crippen LogP contribution in [0.4, 0.5) is 0 Å². The highest BCUT2D eigenvalue weighted by Crippen LogP contribution is 2.26. The number of hydrogen-bond acceptors (Lipinski definition) is 4. The van der Waals surface area contributed by atoms with Crippen molar-refractivity contribution < 1.29 is 14.6 Å². The fraction of sp³-hybridized carbons (Fsp3) is 0.125. The van der Waals surface area contributed by atoms with Gasteiger partial charge in [-0.1, -0.05) is 12.1 Å². The molecule has 0 heterocycles. The standard InChI is InChI=1S/C16H15IN2O3/c1-2-22-15-9-11(7-8-14(15)20)10-18-19-16(21)12-5-3-4-6-13(12)17/h3-10,20H,2H2,1H3,(H,19,21). The summed E-state index contributed by atoms with van der Waals surface area (Å²) in [5, 5.41) is 13.5. The predicted octanol–water partition coefficient (Wildman–Crippen LogP) is 3.16. The number of nitrogens with zero attached hydrogens (tertiary/aromatic N) is 1. The third kappa shape index (κ3) is 4.20. The van der Waals surface area contributed by atoms with E-state index in [9.17, 15) is 9.90 Å². The SMILES string of the molecule is CCOc1cc(C=NNC(=O)c2ccccc2I)ccc1O. The molecule has 0 spiro atoms. The van der Waals surface area contributed by atoms with Gasteiger partial charge in [0.05, 0.1) is 18.4 Å². The van der Waals surface area contributed by atoms with Gasteiger partial charge in [-0.25, -0.2) is 5.43 Å². The Morgan fingerprint density at radius 2 is 2.14 bits per heavy atom. The molecule has 0 aliphatic carbocycles. The van der Waals surface area contributed by atoms with Gasteiger partial charge in [-0.15, -0.1) is 0 Å². The van der Waals surface area contributed by atoms with E-state index in [1.54, 1.807) is 24.3 Å². The van der Waals surface area contributed by atoms with Crippen molar-refractivity contribution in [3.63, 3.8) is 0 Å². The van der Waals surface area contributed by atoms with Gasteiger partial charge in [0.25, 0.3) is 5.91 Å². The van der Waals surface area contributed by atoms with Crippen LogP contribution in [0.25, 0.3) is 0 Å². The molecule has 0 fully saturated rings. The largest absolute Gasteiger partial charge is 0.504 e. The molecule has 22 heavy (non-hydrogen) atoms. The van der Waals surface area contributed by atoms with E-state index in [4.69, 9.17) is 4.74 Å². The van der Waals surface area contributed by atoms with Crippen LogP contribution in [-0.4, -0.2) is 23.8 Å². The Bertz CT molecular complexity index is 702. The van der Waals surface area contributed by atoms with E-state index in [0.29, 0.717) is 23.5 Å². The van der Waals surface area contributed by atoms with E-state index >= 15 is 0 Å². The molecule has 114 valence electrons. The van der Waals surface area contributed by atoms with Crippen LogP contribution in [0.1, 0.15) is 22.8 Å². The Kier molecular flexibility index (Phi) is 5.76. The summed E-state index contributed by atoms with van der Waals surface area (Å²) in [6.45, 7) is 2.29. The van der Waals surface area contributed by atoms with E-state index in [1.165, 1.54) is 12.3 Å². The van der Waals surface area contributed by atoms with Gasteiger partial charge in [0.1, 0.15) is 0 Å². The van der Waals surface area contributed by atoms with Crippen LogP contribution in [0.3, 0.4) is 0 Å². The highest BCUT2D eigenvalue weighted by Gasteiger charge is 2.07. The Morgan fingerprint density at radius 3 is 2.86 bits per heavy atom. The van der Waals surface area contributed by atoms with Crippen LogP contribution < -0.4 is 10.2 Å². The molecular weight excluding hydrogens is 395 g/mol. The van der Waals surface area contributed by atoms with Crippen LogP contribution in [0.2, 0.25) is 0 Å². The van der Waals surface area contributed by atoms with Crippen molar-refractivity contribution in [1.82, 2.24) is 5.43 Å². The maximum Gasteiger partial charge on any atom is 0.272 e. The number of rotatable bonds is 5. The topological polar surface area (TPSA) is 70.9 Å². The van der Waals surface area contributed by atoms with E-state index < -0.39 is 0 Å². The van der Waals surface area contributed by atoms with Crippen LogP contribution in [0.5, 0.6) is 11.5 Å². The molecule has 0 aliphatic rings. The molecule has 5 nitrogen and oxygen atoms in total. The number of aromatic hydroxyl groups is 1. The number of halogens is 1. The third-order valence-corrected chi connectivity index (χ3v) is 3.72. The lowest BCUT2D eigenvalue weighted by Gasteiger charge is -2.06. The Hall–Kier alpha value is -2.09. The average molecular weight is 410 g/mol. The number of carbonyl (C=O) groups is 1. The Morgan fingerprint density at radius 1 is 1.36 bits per heavy atom. The third-order valence-electron chi connectivity index (χ3n) is 2.78. The molecule has 0 aliphatic heterocycles. The van der Waals surface area contributed by atoms with Gasteiger partial charge in [0.15, 0.2) is 11.5 Å². The zero-order valence-electron chi connectivity index (χ0n) is 11.9. The van der Waals surface area contributed by atoms with Gasteiger partial charge in [0, 0.05) is 3.57 Å². The first-order chi connectivity index (χ1) is 10.6. The van der Waals surface area contributed by atoms with Crippen molar-refractivity contribution in [2.75, 3.05) is 6.61 Å². The molecule has 0 bridgehead atoms. The first-order valence-corrected chi connectivity index (χ1v) is 7.73. The minimum atomic E-state index is -0.273. The van der Waals surface area contributed by atoms with Crippen molar-refractivity contribution in [2.45, 2.75) is 6.92 Å². The van der Waals surface area contributed by atoms with E-state index in [1.807, 2.05) is 19.1 Å². The fourth-order valence-corrected chi connectivity index (χ4v) is 2.39. The summed E-state index contributed by atoms with van der Waals surface area (Å²) in [7, 11) is 0. The monoisotopic (exact) mass is 410 g/mol. The van der Waals surface area contributed by atoms with Gasteiger partial charge in [-0.05, 0) is 65.4 Å². The summed E-state index contributed by atoms with van der Waals surface area (Å²) >= 11 is 2.10. The number of benzene rings is 2. The van der Waals surface area contributed by atoms with Gasteiger partial charge >= 0.3 is 0 Å². The number of phenols is 1. The number of amides is 1. The number of ether oxygens (including phenoxy) is 1. The molecular formula is C16H15IN2O3. The Balaban J connectivity index is 2.05. The molecule has 0 aromatic heterocycles. The average Bonchev–Trinajstić information content (AvgIpc) is 2.51. The predicted molar refractivity (Wildman–Crippen MR) is 93.5 cm³/mol. The number of hydrogen-bond donors (Lipinski definition) is 2. The molecule has 0 saturated heterocycles. The minimum absolute atomic E-state index is 0.0712. The second-order valence-electron chi connectivity index (χ2n) is 4.34. The quantitative estimate of drug-likeness (QED) is 0.452. The van der Waals surface area contributed by atoms with Crippen LogP contribution in [0.15, 0.2) is 47.6 Å². The highest BCUT2D eigenvalue weighted by atomic mass is 127. The molecule has 6 heteroatoms. The summed E-state index contributed by atoms with van der Waals surface area (Å²) < 4.78 is 6.15. The summed E-state index contributed by atoms with van der Waals surface area (Å²) in [5.41, 5.74) is 3.76. The van der Waals surface area contributed by atoms with Crippen molar-refractivity contribution in [3.8, 4) is 11.5 Å². The molecule has 2 aromatic carbocycles. The second-order valence-corrected chi connectivity index (χ2v) is 5.50. The minimum Gasteiger partial charge on any atom is -0.504 e. The Labute approximate surface area is 142 Å². The zero-order valence-corrected chi connectivity index (χ0v) is 14.1. The molecule has 0 unspecified atom stereocenters. The lowest BCUT2D eigenvalue weighted by atomic mass is 10.2. The van der Waals surface area contributed by atoms with Gasteiger partial charge in [-0.3, -0.25) is 4.79 Å². The van der Waals surface area contributed by atoms with E-state index in [-0.39, 0.29) is 11.7 Å². The summed E-state index contributed by atoms with van der Waals surface area (Å²) in [4.78, 5) is 12.0. The first kappa shape index (κ1) is 16.3. The zero-order chi connectivity index (χ0) is 15.9. The molecule has 2 rings (SSSR count). The molecule has 0 radical (unpaired) electrons. The molecule has 1 amide bonds. The lowest BCUT2D eigenvalue weighted by Crippen LogP contribution is -2.18. The molecule has 2 N–H and O–H groups in total. The number of carbonyl (C=O) groups excluding carboxylic acids is 1. The lowest BCUT2D eigenvalue weighted by molar-refractivity contribution is 0.0954. The van der Waals surface area contributed by atoms with Crippen molar-refractivity contribution in [3.05, 3.63) is 57.2 Å². The van der Waals surface area contributed by atoms with Gasteiger partial charge < -0.3 is 9.84 Å². The van der Waals surface area contributed by atoms with Crippen LogP contribution in [0, 0.1) is 3.57 Å². The first-order valence-electron chi connectivity index (χ1n) is 6.65. The smallest absolute Gasteiger partial charge is 0.272 e. The number of nitrogens with one attached hydrogen (secondary N) is 1. The number of hydrazone groups is 1. The molecule has 0 atom stereocenters. The number of phenolic OH excluding ortho intramolecular Hbond substituents is 1. The molecule has 0 saturated carbocycles. The van der Waals surface area contributed by atoms with E-state index in [0.717, 1.165) is 3.57 Å². The maximum absolute atomic E-state index is 12.0. The normalized spacial score (nSPS) is 10.6. The van der Waals surface area contributed by atoms with Crippen LogP contribution >= 0.6 is 22.6 Å². The van der Waals surface area contributed by atoms with Crippen molar-refractivity contribution >= 4 is 34.7 Å². The van der Waals surface area contributed by atoms with Crippen molar-refractivity contribution in [1.29, 1.82) is 0 Å². The van der Waals surface area contributed by atoms with Crippen molar-refractivity contribution in [2.24, 2.45) is 5.10 Å². The van der Waals surface area contributed by atoms with Crippen LogP contribution in [-0.2, 0) is 0 Å². The van der Waals surface area contributed by atoms with Gasteiger partial charge in [0.2, 0.25) is 0 Å². The summed E-state index contributed by atoms with van der Waals surface area (Å²) in [6, 6.07) is 12.1. The highest BCUT2D eigenvalue weighted by molar-refractivity contribution is 14.1. The summed E-state index contributed by atoms with van der Waals surface area (Å²) in [6.07, 6.45) is 1.50. The van der Waals surface area contributed by atoms with Gasteiger partial charge in [-0.2, -0.15) is 5.10 Å². The summed E-state index contributed by atoms with van der Waals surface area (Å²) in [5.74, 6) is 0.183. The van der Waals surface area contributed by atoms with E-state index in [2.05, 4.69) is 33.1 Å². The fourth-order valence-electron chi connectivity index (χ4n) is 1.75. The molecule has 2 aromatic rings. The second kappa shape index (κ2) is 7.79. The maximum atomic E-state index is 12.0.